The van der Waals surface area contributed by atoms with Crippen molar-refractivity contribution in [2.45, 2.75) is 62.4 Å². The number of nitrogen functional groups attached to an aromatic ring is 1. The highest BCUT2D eigenvalue weighted by atomic mass is 32.1. The summed E-state index contributed by atoms with van der Waals surface area (Å²) < 4.78 is 6.14. The first-order chi connectivity index (χ1) is 17.5. The van der Waals surface area contributed by atoms with Crippen LogP contribution >= 0.6 is 11.3 Å². The molecule has 1 unspecified atom stereocenters. The van der Waals surface area contributed by atoms with E-state index in [0.717, 1.165) is 36.8 Å². The second-order valence-electron chi connectivity index (χ2n) is 9.93. The first-order valence-electron chi connectivity index (χ1n) is 12.6. The van der Waals surface area contributed by atoms with Gasteiger partial charge in [-0.05, 0) is 56.1 Å². The molecule has 36 heavy (non-hydrogen) atoms. The molecule has 0 bridgehead atoms. The van der Waals surface area contributed by atoms with E-state index in [1.165, 1.54) is 17.7 Å². The minimum absolute atomic E-state index is 0.0152. The van der Waals surface area contributed by atoms with Crippen LogP contribution in [0.3, 0.4) is 0 Å². The molecule has 8 nitrogen and oxygen atoms in total. The molecule has 0 saturated heterocycles. The van der Waals surface area contributed by atoms with Crippen molar-refractivity contribution in [3.63, 3.8) is 0 Å². The van der Waals surface area contributed by atoms with Crippen LogP contribution in [0.15, 0.2) is 42.9 Å². The van der Waals surface area contributed by atoms with Gasteiger partial charge in [-0.25, -0.2) is 9.97 Å². The summed E-state index contributed by atoms with van der Waals surface area (Å²) in [5.74, 6) is 1.14. The summed E-state index contributed by atoms with van der Waals surface area (Å²) in [7, 11) is 0. The van der Waals surface area contributed by atoms with Crippen molar-refractivity contribution in [1.82, 2.24) is 15.3 Å². The van der Waals surface area contributed by atoms with Crippen LogP contribution in [0.25, 0.3) is 0 Å². The molecular weight excluding hydrogens is 474 g/mol. The van der Waals surface area contributed by atoms with E-state index in [-0.39, 0.29) is 17.7 Å². The van der Waals surface area contributed by atoms with E-state index in [1.807, 2.05) is 30.3 Å². The number of hydrogen-bond donors (Lipinski definition) is 3. The number of carbonyl (C=O) groups is 2. The van der Waals surface area contributed by atoms with Crippen LogP contribution < -0.4 is 21.1 Å². The van der Waals surface area contributed by atoms with E-state index in [0.29, 0.717) is 58.9 Å². The van der Waals surface area contributed by atoms with Crippen molar-refractivity contribution in [1.29, 1.82) is 0 Å². The Balaban J connectivity index is 1.27. The molecule has 4 N–H and O–H groups in total. The van der Waals surface area contributed by atoms with Crippen molar-refractivity contribution < 1.29 is 14.3 Å². The molecule has 1 amide bonds. The van der Waals surface area contributed by atoms with Crippen LogP contribution in [0.2, 0.25) is 0 Å². The average Bonchev–Trinajstić information content (AvgIpc) is 3.82. The number of thiophene rings is 1. The lowest BCUT2D eigenvalue weighted by molar-refractivity contribution is 0.0834. The summed E-state index contributed by atoms with van der Waals surface area (Å²) in [5.41, 5.74) is 7.79. The first kappa shape index (κ1) is 23.0. The Hall–Kier alpha value is -3.46. The Bertz CT molecular complexity index is 1300. The van der Waals surface area contributed by atoms with Gasteiger partial charge < -0.3 is 21.1 Å². The van der Waals surface area contributed by atoms with Gasteiger partial charge in [-0.3, -0.25) is 9.59 Å². The van der Waals surface area contributed by atoms with E-state index in [1.54, 1.807) is 6.20 Å². The Labute approximate surface area is 213 Å². The summed E-state index contributed by atoms with van der Waals surface area (Å²) >= 11 is 1.24. The molecule has 0 aliphatic heterocycles. The van der Waals surface area contributed by atoms with Crippen molar-refractivity contribution >= 4 is 33.8 Å². The van der Waals surface area contributed by atoms with Crippen LogP contribution in [-0.2, 0) is 11.8 Å². The minimum Gasteiger partial charge on any atom is -0.488 e. The quantitative estimate of drug-likeness (QED) is 0.402. The predicted molar refractivity (Wildman–Crippen MR) is 139 cm³/mol. The Morgan fingerprint density at radius 2 is 1.94 bits per heavy atom. The number of nitrogens with two attached hydrogens (primary N) is 1. The highest BCUT2D eigenvalue weighted by Gasteiger charge is 2.46. The summed E-state index contributed by atoms with van der Waals surface area (Å²) in [6.45, 7) is 0.332. The second-order valence-corrected chi connectivity index (χ2v) is 11.0. The van der Waals surface area contributed by atoms with Gasteiger partial charge >= 0.3 is 0 Å². The molecule has 6 rings (SSSR count). The number of carbonyl (C=O) groups excluding carboxylic acids is 2. The lowest BCUT2D eigenvalue weighted by Crippen LogP contribution is -2.41. The zero-order chi connectivity index (χ0) is 24.7. The van der Waals surface area contributed by atoms with Crippen LogP contribution in [0.5, 0.6) is 5.75 Å². The van der Waals surface area contributed by atoms with Gasteiger partial charge in [-0.1, -0.05) is 30.3 Å². The van der Waals surface area contributed by atoms with Crippen LogP contribution in [-0.4, -0.2) is 40.3 Å². The van der Waals surface area contributed by atoms with Gasteiger partial charge in [0, 0.05) is 12.1 Å². The van der Waals surface area contributed by atoms with Gasteiger partial charge in [0.2, 0.25) is 0 Å². The lowest BCUT2D eigenvalue weighted by Gasteiger charge is -2.36. The molecular formula is C27H29N5O3S. The fourth-order valence-corrected chi connectivity index (χ4v) is 6.17. The fraction of sp³-hybridized carbons (Fsp3) is 0.407. The molecule has 0 spiro atoms. The number of hydrogen-bond acceptors (Lipinski definition) is 8. The third-order valence-electron chi connectivity index (χ3n) is 7.33. The number of aromatic nitrogens is 2. The fourth-order valence-electron chi connectivity index (χ4n) is 5.01. The normalized spacial score (nSPS) is 21.1. The van der Waals surface area contributed by atoms with E-state index >= 15 is 0 Å². The lowest BCUT2D eigenvalue weighted by atomic mass is 9.66. The van der Waals surface area contributed by atoms with Gasteiger partial charge in [0.1, 0.15) is 6.33 Å². The number of ketones is 1. The molecule has 3 aliphatic carbocycles. The molecule has 186 valence electrons. The number of ether oxygens (including phenoxy) is 1. The number of nitrogens with one attached hydrogen (secondary N) is 2. The highest BCUT2D eigenvalue weighted by molar-refractivity contribution is 7.18. The first-order valence-corrected chi connectivity index (χ1v) is 13.4. The maximum Gasteiger partial charge on any atom is 0.254 e. The molecule has 2 aromatic heterocycles. The summed E-state index contributed by atoms with van der Waals surface area (Å²) in [5, 5.41) is 6.83. The van der Waals surface area contributed by atoms with Crippen molar-refractivity contribution in [3.8, 4) is 5.75 Å². The summed E-state index contributed by atoms with van der Waals surface area (Å²) in [4.78, 5) is 36.1. The van der Waals surface area contributed by atoms with Gasteiger partial charge in [-0.15, -0.1) is 11.3 Å². The van der Waals surface area contributed by atoms with Crippen LogP contribution in [0, 0.1) is 0 Å². The van der Waals surface area contributed by atoms with Crippen LogP contribution in [0.4, 0.5) is 10.8 Å². The number of Topliss-reactive ketones (excluding diaryl/α,β-unsaturated/α-hetero) is 1. The molecule has 1 atom stereocenters. The van der Waals surface area contributed by atoms with Crippen molar-refractivity contribution in [2.24, 2.45) is 0 Å². The smallest absolute Gasteiger partial charge is 0.254 e. The molecule has 3 aromatic rings. The van der Waals surface area contributed by atoms with E-state index in [9.17, 15) is 9.59 Å². The minimum atomic E-state index is -0.754. The van der Waals surface area contributed by atoms with Crippen LogP contribution in [0.1, 0.15) is 69.7 Å². The summed E-state index contributed by atoms with van der Waals surface area (Å²) in [6.07, 6.45) is 9.12. The monoisotopic (exact) mass is 503 g/mol. The Morgan fingerprint density at radius 1 is 1.17 bits per heavy atom. The van der Waals surface area contributed by atoms with E-state index in [4.69, 9.17) is 10.5 Å². The van der Waals surface area contributed by atoms with Crippen molar-refractivity contribution in [3.05, 3.63) is 64.4 Å². The maximum atomic E-state index is 14.2. The largest absolute Gasteiger partial charge is 0.488 e. The number of benzene rings is 1. The predicted octanol–water partition coefficient (Wildman–Crippen LogP) is 4.12. The molecule has 0 radical (unpaired) electrons. The molecule has 2 heterocycles. The third-order valence-corrected chi connectivity index (χ3v) is 8.39. The molecule has 3 aliphatic rings. The average molecular weight is 504 g/mol. The number of rotatable bonds is 9. The maximum absolute atomic E-state index is 14.2. The van der Waals surface area contributed by atoms with Gasteiger partial charge in [0.15, 0.2) is 17.4 Å². The highest BCUT2D eigenvalue weighted by Crippen LogP contribution is 2.46. The topological polar surface area (TPSA) is 119 Å². The number of anilines is 2. The third kappa shape index (κ3) is 4.32. The number of amides is 1. The number of fused-ring (bicyclic) bond motifs is 1. The Kier molecular flexibility index (Phi) is 5.87. The van der Waals surface area contributed by atoms with E-state index in [2.05, 4.69) is 20.6 Å². The summed E-state index contributed by atoms with van der Waals surface area (Å²) in [6, 6.07) is 10.5. The number of nitrogens with zero attached hydrogens (tertiary/aromatic N) is 2. The zero-order valence-corrected chi connectivity index (χ0v) is 20.8. The molecule has 9 heteroatoms. The van der Waals surface area contributed by atoms with Gasteiger partial charge in [0.25, 0.3) is 5.91 Å². The molecule has 2 fully saturated rings. The van der Waals surface area contributed by atoms with Gasteiger partial charge in [-0.2, -0.15) is 0 Å². The van der Waals surface area contributed by atoms with Gasteiger partial charge in [0.05, 0.1) is 33.7 Å². The molecule has 1 aromatic carbocycles. The van der Waals surface area contributed by atoms with Crippen molar-refractivity contribution in [2.75, 3.05) is 17.7 Å². The Morgan fingerprint density at radius 3 is 2.69 bits per heavy atom. The van der Waals surface area contributed by atoms with E-state index < -0.39 is 5.41 Å². The molecule has 2 saturated carbocycles. The second kappa shape index (κ2) is 9.20. The SMILES string of the molecule is Nc1sc2c(c1C(=O)NC1CC1)CCC(CCOc1cncnc1NC1CC1)(c1ccccc1)C2=O. The zero-order valence-electron chi connectivity index (χ0n) is 20.0. The standard InChI is InChI=1S/C27H29N5O3S/c28-24-21(26(34)32-18-8-9-18)19-10-11-27(23(33)22(19)36-24,16-4-2-1-3-5-16)12-13-35-20-14-29-15-30-25(20)31-17-6-7-17/h1-5,14-15,17-18H,6-13,28H2,(H,32,34)(H,29,30,31).